The van der Waals surface area contributed by atoms with Crippen LogP contribution in [0.15, 0.2) is 62.3 Å². The summed E-state index contributed by atoms with van der Waals surface area (Å²) in [5.74, 6) is 6.61. The second-order valence-corrected chi connectivity index (χ2v) is 6.18. The molecule has 0 amide bonds. The molecule has 150 valence electrons. The molecule has 1 unspecified atom stereocenters. The molecule has 1 aromatic carbocycles. The van der Waals surface area contributed by atoms with Crippen molar-refractivity contribution in [2.24, 2.45) is 20.9 Å². The first-order valence-electron chi connectivity index (χ1n) is 7.93. The summed E-state index contributed by atoms with van der Waals surface area (Å²) in [6, 6.07) is 4.34. The maximum atomic E-state index is 13.1. The minimum atomic E-state index is -4.98. The fourth-order valence-electron chi connectivity index (χ4n) is 2.74. The van der Waals surface area contributed by atoms with Gasteiger partial charge in [0.2, 0.25) is 0 Å². The minimum Gasteiger partial charge on any atom is -0.461 e. The monoisotopic (exact) mass is 414 g/mol. The Hall–Kier alpha value is -3.25. The Bertz CT molecular complexity index is 1060. The Labute approximate surface area is 158 Å². The van der Waals surface area contributed by atoms with Gasteiger partial charge in [-0.3, -0.25) is 0 Å². The number of halogens is 6. The molecule has 2 aliphatic heterocycles. The zero-order chi connectivity index (χ0) is 21.0. The van der Waals surface area contributed by atoms with Crippen LogP contribution in [-0.2, 0) is 12.4 Å². The fraction of sp³-hybridized carbons (Fsp3) is 0.118. The van der Waals surface area contributed by atoms with Crippen LogP contribution in [0.2, 0.25) is 0 Å². The van der Waals surface area contributed by atoms with E-state index in [4.69, 9.17) is 10.3 Å². The molecule has 2 aliphatic rings. The van der Waals surface area contributed by atoms with Gasteiger partial charge < -0.3 is 4.42 Å². The van der Waals surface area contributed by atoms with Gasteiger partial charge in [0.05, 0.1) is 17.4 Å². The van der Waals surface area contributed by atoms with E-state index in [-0.39, 0.29) is 29.2 Å². The summed E-state index contributed by atoms with van der Waals surface area (Å²) in [6.45, 7) is 0. The van der Waals surface area contributed by atoms with Crippen LogP contribution in [0, 0.1) is 0 Å². The summed E-state index contributed by atoms with van der Waals surface area (Å²) in [5.41, 5.74) is -3.54. The highest BCUT2D eigenvalue weighted by Gasteiger charge is 2.41. The average molecular weight is 414 g/mol. The van der Waals surface area contributed by atoms with Crippen LogP contribution in [0.3, 0.4) is 0 Å². The third-order valence-electron chi connectivity index (χ3n) is 4.11. The van der Waals surface area contributed by atoms with E-state index in [1.54, 1.807) is 12.1 Å². The number of hydrogen-bond donors (Lipinski definition) is 1. The van der Waals surface area contributed by atoms with E-state index in [0.29, 0.717) is 12.1 Å². The van der Waals surface area contributed by atoms with Crippen LogP contribution in [0.4, 0.5) is 26.3 Å². The van der Waals surface area contributed by atoms with Crippen molar-refractivity contribution in [1.29, 1.82) is 0 Å². The van der Waals surface area contributed by atoms with Crippen molar-refractivity contribution in [1.82, 2.24) is 0 Å². The molecule has 6 nitrogen and oxygen atoms in total. The number of amidine groups is 2. The third kappa shape index (κ3) is 3.47. The molecule has 1 aromatic heterocycles. The highest BCUT2D eigenvalue weighted by atomic mass is 19.4. The van der Waals surface area contributed by atoms with Crippen LogP contribution in [-0.4, -0.2) is 22.6 Å². The number of fused-ring (bicyclic) bond motifs is 1. The molecule has 4 rings (SSSR count). The number of benzene rings is 1. The van der Waals surface area contributed by atoms with Crippen molar-refractivity contribution >= 4 is 23.6 Å². The lowest BCUT2D eigenvalue weighted by Gasteiger charge is -2.20. The van der Waals surface area contributed by atoms with E-state index in [1.807, 2.05) is 0 Å². The van der Waals surface area contributed by atoms with E-state index < -0.39 is 33.7 Å². The van der Waals surface area contributed by atoms with Crippen molar-refractivity contribution in [3.05, 3.63) is 65.2 Å². The number of hydrogen-bond acceptors (Lipinski definition) is 5. The normalized spacial score (nSPS) is 21.6. The lowest BCUT2D eigenvalue weighted by atomic mass is 10.0. The quantitative estimate of drug-likeness (QED) is 0.455. The van der Waals surface area contributed by atoms with Gasteiger partial charge in [-0.15, -0.1) is 5.84 Å². The Balaban J connectivity index is 1.81. The maximum absolute atomic E-state index is 13.1. The first-order valence-corrected chi connectivity index (χ1v) is 7.93. The van der Waals surface area contributed by atoms with E-state index in [0.717, 1.165) is 12.4 Å². The summed E-state index contributed by atoms with van der Waals surface area (Å²) >= 11 is 0. The lowest BCUT2D eigenvalue weighted by Crippen LogP contribution is -2.50. The second-order valence-electron chi connectivity index (χ2n) is 6.18. The lowest BCUT2D eigenvalue weighted by molar-refractivity contribution is -0.802. The molecule has 2 N–H and O–H groups in total. The molecule has 3 heterocycles. The zero-order valence-corrected chi connectivity index (χ0v) is 14.2. The molecule has 0 spiro atoms. The molecule has 0 aliphatic carbocycles. The molecule has 12 heteroatoms. The Kier molecular flexibility index (Phi) is 4.03. The molecular formula is C17H10F6N5O+. The molecule has 2 aromatic rings. The number of rotatable bonds is 2. The van der Waals surface area contributed by atoms with E-state index >= 15 is 0 Å². The number of nitrogens with two attached hydrogens (primary N) is 1. The number of alkyl halides is 6. The molecule has 1 atom stereocenters. The van der Waals surface area contributed by atoms with Gasteiger partial charge in [-0.25, -0.2) is 4.99 Å². The standard InChI is InChI=1S/C17H10F6N5O/c18-16(19,20)10-4-9(5-11(6-10)17(21,22)23)12-8-28(24)14(7-25-12)26-15(27-28)13-2-1-3-29-13/h1-8H,24H2/q+1. The van der Waals surface area contributed by atoms with E-state index in [2.05, 4.69) is 15.1 Å². The van der Waals surface area contributed by atoms with Gasteiger partial charge in [-0.05, 0) is 40.1 Å². The predicted molar refractivity (Wildman–Crippen MR) is 90.0 cm³/mol. The maximum Gasteiger partial charge on any atom is 0.416 e. The average Bonchev–Trinajstić information content (AvgIpc) is 3.26. The molecule has 29 heavy (non-hydrogen) atoms. The van der Waals surface area contributed by atoms with Crippen molar-refractivity contribution in [2.45, 2.75) is 12.4 Å². The van der Waals surface area contributed by atoms with Gasteiger partial charge in [-0.2, -0.15) is 31.3 Å². The molecule has 0 saturated heterocycles. The van der Waals surface area contributed by atoms with Crippen LogP contribution >= 0.6 is 0 Å². The zero-order valence-electron chi connectivity index (χ0n) is 14.2. The topological polar surface area (TPSA) is 76.2 Å². The van der Waals surface area contributed by atoms with Gasteiger partial charge in [0.15, 0.2) is 12.0 Å². The summed E-state index contributed by atoms with van der Waals surface area (Å²) in [5, 5.41) is 4.12. The first kappa shape index (κ1) is 19.1. The largest absolute Gasteiger partial charge is 0.461 e. The van der Waals surface area contributed by atoms with E-state index in [9.17, 15) is 26.3 Å². The summed E-state index contributed by atoms with van der Waals surface area (Å²) in [6.07, 6.45) is -6.34. The predicted octanol–water partition coefficient (Wildman–Crippen LogP) is 4.16. The molecule has 0 fully saturated rings. The minimum absolute atomic E-state index is 0.0410. The summed E-state index contributed by atoms with van der Waals surface area (Å²) in [7, 11) is 0. The van der Waals surface area contributed by atoms with Gasteiger partial charge in [0.25, 0.3) is 11.7 Å². The van der Waals surface area contributed by atoms with Gasteiger partial charge in [-0.1, -0.05) is 0 Å². The van der Waals surface area contributed by atoms with Gasteiger partial charge in [0.1, 0.15) is 11.9 Å². The van der Waals surface area contributed by atoms with Crippen LogP contribution in [0.1, 0.15) is 22.5 Å². The second kappa shape index (κ2) is 6.12. The molecule has 0 bridgehead atoms. The highest BCUT2D eigenvalue weighted by molar-refractivity contribution is 6.32. The van der Waals surface area contributed by atoms with E-state index in [1.165, 1.54) is 6.26 Å². The van der Waals surface area contributed by atoms with Gasteiger partial charge >= 0.3 is 12.4 Å². The Morgan fingerprint density at radius 2 is 1.62 bits per heavy atom. The molecule has 0 radical (unpaired) electrons. The molecule has 0 saturated carbocycles. The van der Waals surface area contributed by atoms with Crippen molar-refractivity contribution in [3.63, 3.8) is 0 Å². The van der Waals surface area contributed by atoms with Crippen LogP contribution < -0.4 is 5.84 Å². The number of quaternary nitrogens is 1. The van der Waals surface area contributed by atoms with Crippen molar-refractivity contribution in [2.75, 3.05) is 0 Å². The summed E-state index contributed by atoms with van der Waals surface area (Å²) < 4.78 is 82.9. The SMILES string of the molecule is N[N+]12C=C(c3cc(C(F)(F)F)cc(C(F)(F)F)c3)N=CC1=NC(c1ccco1)=N2. The van der Waals surface area contributed by atoms with Crippen LogP contribution in [0.5, 0.6) is 0 Å². The number of furan rings is 1. The van der Waals surface area contributed by atoms with Crippen molar-refractivity contribution in [3.8, 4) is 0 Å². The molecular weight excluding hydrogens is 404 g/mol. The number of nitrogens with zero attached hydrogens (tertiary/aromatic N) is 4. The fourth-order valence-corrected chi connectivity index (χ4v) is 2.74. The summed E-state index contributed by atoms with van der Waals surface area (Å²) in [4.78, 5) is 8.05. The Morgan fingerprint density at radius 3 is 2.17 bits per heavy atom. The van der Waals surface area contributed by atoms with Crippen molar-refractivity contribution < 1.29 is 35.5 Å². The highest BCUT2D eigenvalue weighted by Crippen LogP contribution is 2.38. The van der Waals surface area contributed by atoms with Crippen LogP contribution in [0.25, 0.3) is 5.70 Å². The number of aliphatic imine (C=N–C) groups is 2. The third-order valence-corrected chi connectivity index (χ3v) is 4.11. The smallest absolute Gasteiger partial charge is 0.416 e. The van der Waals surface area contributed by atoms with Gasteiger partial charge in [0, 0.05) is 5.56 Å². The first-order chi connectivity index (χ1) is 13.5. The Morgan fingerprint density at radius 1 is 0.966 bits per heavy atom.